The molecule has 0 aromatic carbocycles. The van der Waals surface area contributed by atoms with E-state index in [4.69, 9.17) is 4.74 Å². The molecule has 0 unspecified atom stereocenters. The second-order valence-corrected chi connectivity index (χ2v) is 6.77. The van der Waals surface area contributed by atoms with Crippen molar-refractivity contribution in [3.05, 3.63) is 11.6 Å². The van der Waals surface area contributed by atoms with Crippen LogP contribution in [0.2, 0.25) is 0 Å². The van der Waals surface area contributed by atoms with Crippen molar-refractivity contribution >= 4 is 12.3 Å². The van der Waals surface area contributed by atoms with Crippen molar-refractivity contribution in [3.63, 3.8) is 0 Å². The van der Waals surface area contributed by atoms with Crippen molar-refractivity contribution in [2.45, 2.75) is 45.8 Å². The molecule has 0 aromatic heterocycles. The lowest BCUT2D eigenvalue weighted by Gasteiger charge is -2.52. The van der Waals surface area contributed by atoms with Gasteiger partial charge in [-0.3, -0.25) is 9.59 Å². The van der Waals surface area contributed by atoms with Gasteiger partial charge in [0.2, 0.25) is 6.29 Å². The monoisotopic (exact) mass is 264 g/mol. The molecule has 0 amide bonds. The third-order valence-electron chi connectivity index (χ3n) is 5.51. The first-order valence-corrected chi connectivity index (χ1v) is 6.98. The van der Waals surface area contributed by atoms with Gasteiger partial charge in [-0.15, -0.1) is 0 Å². The topological polar surface area (TPSA) is 63.6 Å². The molecule has 4 atom stereocenters. The van der Waals surface area contributed by atoms with Crippen LogP contribution in [0.1, 0.15) is 39.5 Å². The van der Waals surface area contributed by atoms with Gasteiger partial charge in [0.05, 0.1) is 11.3 Å². The number of hydrogen-bond donors (Lipinski definition) is 1. The number of esters is 1. The molecule has 3 rings (SSSR count). The van der Waals surface area contributed by atoms with E-state index >= 15 is 0 Å². The van der Waals surface area contributed by atoms with E-state index in [0.717, 1.165) is 25.5 Å². The summed E-state index contributed by atoms with van der Waals surface area (Å²) < 4.78 is 5.11. The Morgan fingerprint density at radius 2 is 2.16 bits per heavy atom. The average molecular weight is 264 g/mol. The summed E-state index contributed by atoms with van der Waals surface area (Å²) in [5.41, 5.74) is -0.122. The Labute approximate surface area is 112 Å². The number of aliphatic hydroxyl groups is 1. The summed E-state index contributed by atoms with van der Waals surface area (Å²) >= 11 is 0. The summed E-state index contributed by atoms with van der Waals surface area (Å²) in [7, 11) is 0. The number of ether oxygens (including phenoxy) is 1. The maximum absolute atomic E-state index is 12.4. The predicted molar refractivity (Wildman–Crippen MR) is 67.9 cm³/mol. The lowest BCUT2D eigenvalue weighted by Crippen LogP contribution is -2.52. The number of carbonyl (C=O) groups is 2. The number of aliphatic hydroxyl groups excluding tert-OH is 1. The fourth-order valence-corrected chi connectivity index (χ4v) is 4.66. The average Bonchev–Trinajstić information content (AvgIpc) is 2.60. The van der Waals surface area contributed by atoms with Crippen molar-refractivity contribution in [1.82, 2.24) is 0 Å². The Morgan fingerprint density at radius 3 is 2.84 bits per heavy atom. The van der Waals surface area contributed by atoms with E-state index in [1.807, 2.05) is 6.08 Å². The van der Waals surface area contributed by atoms with E-state index in [2.05, 4.69) is 13.8 Å². The highest BCUT2D eigenvalue weighted by Gasteiger charge is 2.66. The van der Waals surface area contributed by atoms with Crippen LogP contribution in [0, 0.1) is 22.7 Å². The molecular formula is C15H20O4. The number of allylic oxidation sites excluding steroid dienone is 1. The van der Waals surface area contributed by atoms with Crippen LogP contribution in [0.3, 0.4) is 0 Å². The van der Waals surface area contributed by atoms with Crippen LogP contribution in [-0.2, 0) is 14.3 Å². The SMILES string of the molecule is CC1(C)CCC[C@]23C(=O)O[C@H](O)[C@H]2C(C=O)=CC[C@@H]13. The molecule has 4 heteroatoms. The smallest absolute Gasteiger partial charge is 0.315 e. The molecule has 1 saturated heterocycles. The molecule has 19 heavy (non-hydrogen) atoms. The van der Waals surface area contributed by atoms with Gasteiger partial charge in [-0.2, -0.15) is 0 Å². The first-order valence-electron chi connectivity index (χ1n) is 6.98. The van der Waals surface area contributed by atoms with Crippen LogP contribution in [0.25, 0.3) is 0 Å². The second kappa shape index (κ2) is 3.92. The molecule has 1 saturated carbocycles. The number of hydrogen-bond acceptors (Lipinski definition) is 4. The third kappa shape index (κ3) is 1.49. The van der Waals surface area contributed by atoms with Gasteiger partial charge < -0.3 is 9.84 Å². The Hall–Kier alpha value is -1.16. The van der Waals surface area contributed by atoms with Gasteiger partial charge in [-0.25, -0.2) is 0 Å². The van der Waals surface area contributed by atoms with E-state index in [0.29, 0.717) is 12.0 Å². The van der Waals surface area contributed by atoms with Crippen molar-refractivity contribution in [2.24, 2.45) is 22.7 Å². The highest BCUT2D eigenvalue weighted by molar-refractivity contribution is 5.86. The number of rotatable bonds is 1. The first-order chi connectivity index (χ1) is 8.93. The molecule has 0 aromatic rings. The van der Waals surface area contributed by atoms with Crippen molar-refractivity contribution in [3.8, 4) is 0 Å². The Morgan fingerprint density at radius 1 is 1.42 bits per heavy atom. The molecule has 1 aliphatic heterocycles. The van der Waals surface area contributed by atoms with Crippen molar-refractivity contribution < 1.29 is 19.4 Å². The van der Waals surface area contributed by atoms with E-state index in [-0.39, 0.29) is 17.3 Å². The summed E-state index contributed by atoms with van der Waals surface area (Å²) in [6.07, 6.45) is 4.94. The Kier molecular flexibility index (Phi) is 2.65. The molecule has 104 valence electrons. The molecule has 1 heterocycles. The molecule has 0 radical (unpaired) electrons. The van der Waals surface area contributed by atoms with Gasteiger partial charge in [0, 0.05) is 0 Å². The lowest BCUT2D eigenvalue weighted by molar-refractivity contribution is -0.163. The van der Waals surface area contributed by atoms with Crippen LogP contribution in [0.4, 0.5) is 0 Å². The second-order valence-electron chi connectivity index (χ2n) is 6.77. The fourth-order valence-electron chi connectivity index (χ4n) is 4.66. The first kappa shape index (κ1) is 12.9. The molecule has 2 aliphatic carbocycles. The van der Waals surface area contributed by atoms with E-state index in [1.165, 1.54) is 0 Å². The summed E-state index contributed by atoms with van der Waals surface area (Å²) in [5.74, 6) is -0.641. The minimum Gasteiger partial charge on any atom is -0.435 e. The quantitative estimate of drug-likeness (QED) is 0.579. The Balaban J connectivity index is 2.16. The molecule has 1 N–H and O–H groups in total. The number of carbonyl (C=O) groups excluding carboxylic acids is 2. The largest absolute Gasteiger partial charge is 0.435 e. The van der Waals surface area contributed by atoms with Crippen LogP contribution >= 0.6 is 0 Å². The molecule has 0 bridgehead atoms. The molecule has 3 aliphatic rings. The minimum absolute atomic E-state index is 0.0322. The van der Waals surface area contributed by atoms with Gasteiger partial charge in [0.15, 0.2) is 0 Å². The molecule has 2 fully saturated rings. The molecular weight excluding hydrogens is 244 g/mol. The normalized spacial score (nSPS) is 43.8. The number of aldehydes is 1. The Bertz CT molecular complexity index is 465. The number of cyclic esters (lactones) is 1. The van der Waals surface area contributed by atoms with Crippen LogP contribution in [-0.4, -0.2) is 23.7 Å². The predicted octanol–water partition coefficient (Wildman–Crippen LogP) is 1.82. The van der Waals surface area contributed by atoms with Gasteiger partial charge in [-0.1, -0.05) is 26.3 Å². The van der Waals surface area contributed by atoms with Gasteiger partial charge in [0.1, 0.15) is 6.29 Å². The van der Waals surface area contributed by atoms with E-state index < -0.39 is 17.6 Å². The zero-order chi connectivity index (χ0) is 13.8. The molecule has 1 spiro atoms. The zero-order valence-corrected chi connectivity index (χ0v) is 11.4. The van der Waals surface area contributed by atoms with Crippen molar-refractivity contribution in [2.75, 3.05) is 0 Å². The lowest BCUT2D eigenvalue weighted by atomic mass is 9.48. The maximum atomic E-state index is 12.4. The molecule has 4 nitrogen and oxygen atoms in total. The van der Waals surface area contributed by atoms with Gasteiger partial charge in [0.25, 0.3) is 0 Å². The third-order valence-corrected chi connectivity index (χ3v) is 5.51. The summed E-state index contributed by atoms with van der Waals surface area (Å²) in [5, 5.41) is 10.1. The van der Waals surface area contributed by atoms with Crippen molar-refractivity contribution in [1.29, 1.82) is 0 Å². The summed E-state index contributed by atoms with van der Waals surface area (Å²) in [6.45, 7) is 4.35. The summed E-state index contributed by atoms with van der Waals surface area (Å²) in [6, 6.07) is 0. The highest BCUT2D eigenvalue weighted by Crippen LogP contribution is 2.63. The fraction of sp³-hybridized carbons (Fsp3) is 0.733. The minimum atomic E-state index is -1.17. The van der Waals surface area contributed by atoms with Gasteiger partial charge in [-0.05, 0) is 36.2 Å². The van der Waals surface area contributed by atoms with E-state index in [9.17, 15) is 14.7 Å². The van der Waals surface area contributed by atoms with Crippen LogP contribution in [0.5, 0.6) is 0 Å². The van der Waals surface area contributed by atoms with E-state index in [1.54, 1.807) is 0 Å². The van der Waals surface area contributed by atoms with Gasteiger partial charge >= 0.3 is 5.97 Å². The zero-order valence-electron chi connectivity index (χ0n) is 11.4. The maximum Gasteiger partial charge on any atom is 0.315 e. The van der Waals surface area contributed by atoms with Crippen LogP contribution in [0.15, 0.2) is 11.6 Å². The highest BCUT2D eigenvalue weighted by atomic mass is 16.6. The standard InChI is InChI=1S/C15H20O4/c1-14(2)6-3-7-15-10(14)5-4-9(8-16)11(15)12(17)19-13(15)18/h4,8,10-12,17H,3,5-7H2,1-2H3/t10-,11+,12-,15+/m0/s1. The van der Waals surface area contributed by atoms with Crippen LogP contribution < -0.4 is 0 Å². The summed E-state index contributed by atoms with van der Waals surface area (Å²) in [4.78, 5) is 23.6.